The first-order valence-corrected chi connectivity index (χ1v) is 6.98. The summed E-state index contributed by atoms with van der Waals surface area (Å²) in [6, 6.07) is 9.69. The van der Waals surface area contributed by atoms with Crippen molar-refractivity contribution in [1.29, 1.82) is 0 Å². The highest BCUT2D eigenvalue weighted by Gasteiger charge is 2.38. The summed E-state index contributed by atoms with van der Waals surface area (Å²) in [6.07, 6.45) is -2.24. The van der Waals surface area contributed by atoms with E-state index in [9.17, 15) is 18.0 Å². The summed E-state index contributed by atoms with van der Waals surface area (Å²) in [7, 11) is 0. The molecule has 1 aromatic rings. The summed E-state index contributed by atoms with van der Waals surface area (Å²) in [4.78, 5) is 20.6. The van der Waals surface area contributed by atoms with Gasteiger partial charge in [-0.15, -0.1) is 0 Å². The number of hydrogen-bond donors (Lipinski definition) is 2. The van der Waals surface area contributed by atoms with Crippen LogP contribution in [0, 0.1) is 5.92 Å². The molecule has 2 rings (SSSR count). The van der Waals surface area contributed by atoms with Crippen molar-refractivity contribution in [1.82, 2.24) is 0 Å². The van der Waals surface area contributed by atoms with Gasteiger partial charge in [-0.05, 0) is 18.4 Å². The molecule has 0 aromatic heterocycles. The fourth-order valence-electron chi connectivity index (χ4n) is 2.12. The van der Waals surface area contributed by atoms with E-state index in [0.717, 1.165) is 24.8 Å². The molecule has 3 N–H and O–H groups in total. The molecule has 0 bridgehead atoms. The molecule has 5 nitrogen and oxygen atoms in total. The third-order valence-corrected chi connectivity index (χ3v) is 3.34. The molecule has 1 aliphatic carbocycles. The van der Waals surface area contributed by atoms with E-state index in [1.165, 1.54) is 0 Å². The maximum absolute atomic E-state index is 11.7. The molecule has 0 unspecified atom stereocenters. The number of carbonyl (C=O) groups excluding carboxylic acids is 1. The maximum Gasteiger partial charge on any atom is 0.490 e. The first-order chi connectivity index (χ1) is 10.7. The molecule has 1 aliphatic rings. The molecule has 0 amide bonds. The number of carboxylic acids is 1. The van der Waals surface area contributed by atoms with Gasteiger partial charge >= 0.3 is 18.1 Å². The Balaban J connectivity index is 0.000000322. The molecule has 1 saturated carbocycles. The second kappa shape index (κ2) is 8.52. The lowest BCUT2D eigenvalue weighted by Gasteiger charge is -2.14. The van der Waals surface area contributed by atoms with Crippen LogP contribution in [0.3, 0.4) is 0 Å². The van der Waals surface area contributed by atoms with Crippen molar-refractivity contribution < 1.29 is 32.6 Å². The van der Waals surface area contributed by atoms with Crippen LogP contribution in [-0.2, 0) is 20.9 Å². The number of alkyl halides is 3. The zero-order valence-corrected chi connectivity index (χ0v) is 12.3. The average Bonchev–Trinajstić information content (AvgIpc) is 2.92. The Kier molecular flexibility index (Phi) is 7.02. The number of benzene rings is 1. The highest BCUT2D eigenvalue weighted by atomic mass is 19.4. The molecule has 128 valence electrons. The van der Waals surface area contributed by atoms with Gasteiger partial charge in [0, 0.05) is 6.04 Å². The van der Waals surface area contributed by atoms with E-state index in [-0.39, 0.29) is 17.9 Å². The minimum Gasteiger partial charge on any atom is -0.475 e. The van der Waals surface area contributed by atoms with E-state index in [0.29, 0.717) is 6.61 Å². The summed E-state index contributed by atoms with van der Waals surface area (Å²) >= 11 is 0. The van der Waals surface area contributed by atoms with Gasteiger partial charge in [-0.2, -0.15) is 13.2 Å². The lowest BCUT2D eigenvalue weighted by atomic mass is 10.1. The van der Waals surface area contributed by atoms with E-state index in [1.54, 1.807) is 0 Å². The van der Waals surface area contributed by atoms with Crippen LogP contribution in [0.25, 0.3) is 0 Å². The number of halogens is 3. The molecule has 8 heteroatoms. The Morgan fingerprint density at radius 3 is 2.22 bits per heavy atom. The average molecular weight is 333 g/mol. The number of hydrogen-bond acceptors (Lipinski definition) is 4. The zero-order chi connectivity index (χ0) is 17.5. The van der Waals surface area contributed by atoms with Crippen molar-refractivity contribution in [3.05, 3.63) is 35.9 Å². The van der Waals surface area contributed by atoms with Crippen LogP contribution in [0.5, 0.6) is 0 Å². The molecule has 0 saturated heterocycles. The summed E-state index contributed by atoms with van der Waals surface area (Å²) < 4.78 is 37.0. The zero-order valence-electron chi connectivity index (χ0n) is 12.3. The number of rotatable bonds is 3. The second-order valence-electron chi connectivity index (χ2n) is 5.10. The molecule has 1 aromatic carbocycles. The van der Waals surface area contributed by atoms with E-state index in [1.807, 2.05) is 30.3 Å². The monoisotopic (exact) mass is 333 g/mol. The predicted octanol–water partition coefficient (Wildman–Crippen LogP) is 2.49. The van der Waals surface area contributed by atoms with Crippen molar-refractivity contribution in [2.45, 2.75) is 38.1 Å². The van der Waals surface area contributed by atoms with Crippen molar-refractivity contribution in [3.8, 4) is 0 Å². The molecular weight excluding hydrogens is 315 g/mol. The Morgan fingerprint density at radius 2 is 1.78 bits per heavy atom. The van der Waals surface area contributed by atoms with Gasteiger partial charge < -0.3 is 15.6 Å². The third-order valence-electron chi connectivity index (χ3n) is 3.34. The standard InChI is InChI=1S/C13H17NO2.C2HF3O2/c14-12-8-4-7-11(12)13(15)16-9-10-5-2-1-3-6-10;3-2(4,5)1(6)7/h1-3,5-6,11-12H,4,7-9,14H2;(H,6,7)/t11-,12+;/m1./s1. The van der Waals surface area contributed by atoms with E-state index in [2.05, 4.69) is 0 Å². The largest absolute Gasteiger partial charge is 0.490 e. The van der Waals surface area contributed by atoms with Crippen LogP contribution in [0.2, 0.25) is 0 Å². The van der Waals surface area contributed by atoms with Crippen molar-refractivity contribution in [2.24, 2.45) is 11.7 Å². The summed E-state index contributed by atoms with van der Waals surface area (Å²) in [6.45, 7) is 0.350. The fourth-order valence-corrected chi connectivity index (χ4v) is 2.12. The summed E-state index contributed by atoms with van der Waals surface area (Å²) in [5.41, 5.74) is 6.86. The van der Waals surface area contributed by atoms with Crippen LogP contribution in [0.15, 0.2) is 30.3 Å². The van der Waals surface area contributed by atoms with Gasteiger partial charge in [0.15, 0.2) is 0 Å². The first-order valence-electron chi connectivity index (χ1n) is 6.98. The first kappa shape index (κ1) is 19.0. The number of esters is 1. The fraction of sp³-hybridized carbons (Fsp3) is 0.467. The molecular formula is C15H18F3NO4. The van der Waals surface area contributed by atoms with E-state index >= 15 is 0 Å². The minimum atomic E-state index is -5.08. The highest BCUT2D eigenvalue weighted by molar-refractivity contribution is 5.73. The van der Waals surface area contributed by atoms with Crippen LogP contribution >= 0.6 is 0 Å². The van der Waals surface area contributed by atoms with E-state index < -0.39 is 12.1 Å². The van der Waals surface area contributed by atoms with Crippen LogP contribution in [-0.4, -0.2) is 29.3 Å². The molecule has 0 heterocycles. The van der Waals surface area contributed by atoms with Crippen LogP contribution < -0.4 is 5.73 Å². The Labute approximate surface area is 131 Å². The topological polar surface area (TPSA) is 89.6 Å². The van der Waals surface area contributed by atoms with Gasteiger partial charge in [-0.3, -0.25) is 4.79 Å². The maximum atomic E-state index is 11.7. The lowest BCUT2D eigenvalue weighted by Crippen LogP contribution is -2.31. The molecule has 0 spiro atoms. The number of carbonyl (C=O) groups is 2. The summed E-state index contributed by atoms with van der Waals surface area (Å²) in [5.74, 6) is -3.00. The number of nitrogens with two attached hydrogens (primary N) is 1. The molecule has 23 heavy (non-hydrogen) atoms. The van der Waals surface area contributed by atoms with Gasteiger partial charge in [-0.1, -0.05) is 36.8 Å². The Bertz CT molecular complexity index is 519. The van der Waals surface area contributed by atoms with Crippen molar-refractivity contribution in [3.63, 3.8) is 0 Å². The smallest absolute Gasteiger partial charge is 0.475 e. The highest BCUT2D eigenvalue weighted by Crippen LogP contribution is 2.25. The number of carboxylic acid groups (broad SMARTS) is 1. The molecule has 0 aliphatic heterocycles. The van der Waals surface area contributed by atoms with Gasteiger partial charge in [0.05, 0.1) is 5.92 Å². The second-order valence-corrected chi connectivity index (χ2v) is 5.10. The molecule has 2 atom stereocenters. The van der Waals surface area contributed by atoms with Crippen LogP contribution in [0.1, 0.15) is 24.8 Å². The Morgan fingerprint density at radius 1 is 1.22 bits per heavy atom. The quantitative estimate of drug-likeness (QED) is 0.830. The molecule has 1 fully saturated rings. The van der Waals surface area contributed by atoms with Crippen molar-refractivity contribution in [2.75, 3.05) is 0 Å². The minimum absolute atomic E-state index is 0.0109. The van der Waals surface area contributed by atoms with E-state index in [4.69, 9.17) is 20.4 Å². The normalized spacial score (nSPS) is 20.3. The van der Waals surface area contributed by atoms with Gasteiger partial charge in [0.2, 0.25) is 0 Å². The SMILES string of the molecule is N[C@H]1CCC[C@H]1C(=O)OCc1ccccc1.O=C(O)C(F)(F)F. The van der Waals surface area contributed by atoms with Crippen molar-refractivity contribution >= 4 is 11.9 Å². The summed E-state index contributed by atoms with van der Waals surface area (Å²) in [5, 5.41) is 7.12. The number of ether oxygens (including phenoxy) is 1. The lowest BCUT2D eigenvalue weighted by molar-refractivity contribution is -0.192. The molecule has 0 radical (unpaired) electrons. The van der Waals surface area contributed by atoms with Gasteiger partial charge in [0.25, 0.3) is 0 Å². The van der Waals surface area contributed by atoms with Crippen LogP contribution in [0.4, 0.5) is 13.2 Å². The predicted molar refractivity (Wildman–Crippen MR) is 75.2 cm³/mol. The number of aliphatic carboxylic acids is 1. The van der Waals surface area contributed by atoms with Gasteiger partial charge in [-0.25, -0.2) is 4.79 Å². The Hall–Kier alpha value is -2.09. The third kappa shape index (κ3) is 6.68. The van der Waals surface area contributed by atoms with Gasteiger partial charge in [0.1, 0.15) is 6.61 Å².